The van der Waals surface area contributed by atoms with E-state index in [1.54, 1.807) is 0 Å². The fourth-order valence-corrected chi connectivity index (χ4v) is 4.53. The Morgan fingerprint density at radius 3 is 2.63 bits per heavy atom. The molecule has 0 aliphatic carbocycles. The molecule has 35 heavy (non-hydrogen) atoms. The fourth-order valence-electron chi connectivity index (χ4n) is 4.35. The highest BCUT2D eigenvalue weighted by Crippen LogP contribution is 2.30. The molecule has 0 spiro atoms. The van der Waals surface area contributed by atoms with Crippen molar-refractivity contribution in [1.82, 2.24) is 4.90 Å². The van der Waals surface area contributed by atoms with Crippen molar-refractivity contribution in [3.05, 3.63) is 83.4 Å². The predicted molar refractivity (Wildman–Crippen MR) is 147 cm³/mol. The van der Waals surface area contributed by atoms with Crippen LogP contribution in [0.4, 0.5) is 5.69 Å². The molecule has 0 aromatic heterocycles. The molecular weight excluding hydrogens is 456 g/mol. The van der Waals surface area contributed by atoms with Gasteiger partial charge >= 0.3 is 0 Å². The van der Waals surface area contributed by atoms with E-state index in [0.29, 0.717) is 10.9 Å². The molecule has 5 heteroatoms. The topological polar surface area (TPSA) is 41.6 Å². The molecule has 1 N–H and O–H groups in total. The van der Waals surface area contributed by atoms with E-state index in [-0.39, 0.29) is 17.9 Å². The number of hydrogen-bond acceptors (Lipinski definition) is 3. The van der Waals surface area contributed by atoms with Gasteiger partial charge in [-0.1, -0.05) is 68.0 Å². The van der Waals surface area contributed by atoms with E-state index >= 15 is 0 Å². The van der Waals surface area contributed by atoms with Crippen molar-refractivity contribution in [2.75, 3.05) is 25.0 Å². The average molecular weight is 495 g/mol. The molecule has 3 rings (SSSR count). The van der Waals surface area contributed by atoms with Crippen LogP contribution in [-0.4, -0.2) is 36.5 Å². The van der Waals surface area contributed by atoms with Crippen molar-refractivity contribution in [3.8, 4) is 5.75 Å². The molecule has 2 aromatic rings. The summed E-state index contributed by atoms with van der Waals surface area (Å²) in [4.78, 5) is 14.6. The van der Waals surface area contributed by atoms with Crippen LogP contribution in [0.25, 0.3) is 0 Å². The summed E-state index contributed by atoms with van der Waals surface area (Å²) in [6, 6.07) is 16.0. The van der Waals surface area contributed by atoms with Crippen LogP contribution in [0.15, 0.2) is 72.8 Å². The van der Waals surface area contributed by atoms with Gasteiger partial charge in [0.15, 0.2) is 0 Å². The third kappa shape index (κ3) is 9.19. The Bertz CT molecular complexity index is 993. The molecule has 1 fully saturated rings. The van der Waals surface area contributed by atoms with Gasteiger partial charge in [-0.3, -0.25) is 4.79 Å². The van der Waals surface area contributed by atoms with Gasteiger partial charge in [-0.15, -0.1) is 0 Å². The largest absolute Gasteiger partial charge is 0.490 e. The standard InChI is InChI=1S/C30H39ClN2O2/c1-4-5-6-7-13-28(35-29-14-9-11-26(31)22-29)17-20-33-18-15-24(16-19-33)25-10-8-12-27(21-25)32-30(34)23(2)3/h4-12,14,21-24,28H,13,15-20H2,1-3H3,(H,32,34)/b5-4-,7-6-/t28-/m1/s1. The van der Waals surface area contributed by atoms with Crippen molar-refractivity contribution in [2.24, 2.45) is 5.92 Å². The maximum absolute atomic E-state index is 12.1. The first-order valence-corrected chi connectivity index (χ1v) is 13.2. The lowest BCUT2D eigenvalue weighted by Crippen LogP contribution is -2.35. The summed E-state index contributed by atoms with van der Waals surface area (Å²) in [5.41, 5.74) is 2.22. The maximum Gasteiger partial charge on any atom is 0.226 e. The number of piperidine rings is 1. The lowest BCUT2D eigenvalue weighted by Gasteiger charge is -2.33. The molecule has 188 valence electrons. The summed E-state index contributed by atoms with van der Waals surface area (Å²) in [5, 5.41) is 3.72. The molecule has 1 amide bonds. The number of carbonyl (C=O) groups is 1. The molecule has 1 saturated heterocycles. The summed E-state index contributed by atoms with van der Waals surface area (Å²) in [5.74, 6) is 1.40. The Morgan fingerprint density at radius 1 is 1.14 bits per heavy atom. The van der Waals surface area contributed by atoms with Crippen LogP contribution in [0.1, 0.15) is 57.9 Å². The molecule has 1 aliphatic rings. The van der Waals surface area contributed by atoms with Gasteiger partial charge in [0.1, 0.15) is 11.9 Å². The van der Waals surface area contributed by atoms with E-state index in [2.05, 4.69) is 40.6 Å². The number of benzene rings is 2. The second-order valence-corrected chi connectivity index (χ2v) is 10.00. The first-order chi connectivity index (χ1) is 16.9. The van der Waals surface area contributed by atoms with Gasteiger partial charge in [0.2, 0.25) is 5.91 Å². The zero-order valence-electron chi connectivity index (χ0n) is 21.3. The number of nitrogens with zero attached hydrogens (tertiary/aromatic N) is 1. The minimum Gasteiger partial charge on any atom is -0.490 e. The highest BCUT2D eigenvalue weighted by molar-refractivity contribution is 6.30. The quantitative estimate of drug-likeness (QED) is 0.329. The highest BCUT2D eigenvalue weighted by atomic mass is 35.5. The van der Waals surface area contributed by atoms with Gasteiger partial charge in [-0.05, 0) is 81.1 Å². The Balaban J connectivity index is 1.52. The average Bonchev–Trinajstić information content (AvgIpc) is 2.85. The number of rotatable bonds is 11. The van der Waals surface area contributed by atoms with E-state index < -0.39 is 0 Å². The summed E-state index contributed by atoms with van der Waals surface area (Å²) >= 11 is 6.15. The Labute approximate surface area is 216 Å². The van der Waals surface area contributed by atoms with E-state index in [1.165, 1.54) is 5.56 Å². The second-order valence-electron chi connectivity index (χ2n) is 9.56. The molecule has 4 nitrogen and oxygen atoms in total. The summed E-state index contributed by atoms with van der Waals surface area (Å²) in [6.45, 7) is 9.01. The number of allylic oxidation sites excluding steroid dienone is 3. The Kier molecular flexibility index (Phi) is 10.9. The van der Waals surface area contributed by atoms with Gasteiger partial charge in [0.25, 0.3) is 0 Å². The van der Waals surface area contributed by atoms with Gasteiger partial charge in [0, 0.05) is 29.6 Å². The number of hydrogen-bond donors (Lipinski definition) is 1. The number of ether oxygens (including phenoxy) is 1. The zero-order chi connectivity index (χ0) is 25.0. The minimum absolute atomic E-state index is 0.0211. The van der Waals surface area contributed by atoms with Crippen LogP contribution >= 0.6 is 11.6 Å². The second kappa shape index (κ2) is 14.1. The molecule has 0 radical (unpaired) electrons. The molecule has 1 heterocycles. The van der Waals surface area contributed by atoms with Crippen molar-refractivity contribution < 1.29 is 9.53 Å². The monoisotopic (exact) mass is 494 g/mol. The molecule has 0 saturated carbocycles. The minimum atomic E-state index is -0.0211. The number of nitrogens with one attached hydrogen (secondary N) is 1. The SMILES string of the molecule is C/C=C\C=C/C[C@H](CCN1CCC(c2cccc(NC(=O)C(C)C)c2)CC1)Oc1cccc(Cl)c1. The highest BCUT2D eigenvalue weighted by Gasteiger charge is 2.22. The van der Waals surface area contributed by atoms with E-state index in [0.717, 1.165) is 56.8 Å². The van der Waals surface area contributed by atoms with Crippen LogP contribution in [-0.2, 0) is 4.79 Å². The number of carbonyl (C=O) groups excluding carboxylic acids is 1. The number of likely N-dealkylation sites (tertiary alicyclic amines) is 1. The number of amides is 1. The molecule has 1 atom stereocenters. The van der Waals surface area contributed by atoms with Gasteiger partial charge in [0.05, 0.1) is 0 Å². The van der Waals surface area contributed by atoms with Crippen molar-refractivity contribution in [1.29, 1.82) is 0 Å². The normalized spacial score (nSPS) is 16.3. The molecular formula is C30H39ClN2O2. The van der Waals surface area contributed by atoms with Crippen molar-refractivity contribution in [3.63, 3.8) is 0 Å². The van der Waals surface area contributed by atoms with Crippen molar-refractivity contribution in [2.45, 2.75) is 58.5 Å². The molecule has 2 aromatic carbocycles. The predicted octanol–water partition coefficient (Wildman–Crippen LogP) is 7.47. The van der Waals surface area contributed by atoms with Gasteiger partial charge in [-0.25, -0.2) is 0 Å². The van der Waals surface area contributed by atoms with Crippen LogP contribution < -0.4 is 10.1 Å². The molecule has 1 aliphatic heterocycles. The smallest absolute Gasteiger partial charge is 0.226 e. The Morgan fingerprint density at radius 2 is 1.91 bits per heavy atom. The third-order valence-electron chi connectivity index (χ3n) is 6.44. The lowest BCUT2D eigenvalue weighted by atomic mass is 9.89. The van der Waals surface area contributed by atoms with Crippen molar-refractivity contribution >= 4 is 23.2 Å². The lowest BCUT2D eigenvalue weighted by molar-refractivity contribution is -0.118. The van der Waals surface area contributed by atoms with E-state index in [4.69, 9.17) is 16.3 Å². The molecule has 0 bridgehead atoms. The zero-order valence-corrected chi connectivity index (χ0v) is 22.0. The van der Waals surface area contributed by atoms with Crippen LogP contribution in [0.5, 0.6) is 5.75 Å². The first-order valence-electron chi connectivity index (χ1n) is 12.8. The van der Waals surface area contributed by atoms with Gasteiger partial charge in [-0.2, -0.15) is 0 Å². The van der Waals surface area contributed by atoms with Crippen LogP contribution in [0.3, 0.4) is 0 Å². The number of anilines is 1. The van der Waals surface area contributed by atoms with Crippen LogP contribution in [0.2, 0.25) is 5.02 Å². The summed E-state index contributed by atoms with van der Waals surface area (Å²) in [7, 11) is 0. The van der Waals surface area contributed by atoms with E-state index in [9.17, 15) is 4.79 Å². The molecule has 0 unspecified atom stereocenters. The summed E-state index contributed by atoms with van der Waals surface area (Å²) < 4.78 is 6.30. The van der Waals surface area contributed by atoms with Gasteiger partial charge < -0.3 is 15.0 Å². The fraction of sp³-hybridized carbons (Fsp3) is 0.433. The maximum atomic E-state index is 12.1. The van der Waals surface area contributed by atoms with E-state index in [1.807, 2.05) is 63.3 Å². The first kappa shape index (κ1) is 27.0. The summed E-state index contributed by atoms with van der Waals surface area (Å²) in [6.07, 6.45) is 12.5. The van der Waals surface area contributed by atoms with Crippen LogP contribution in [0, 0.1) is 5.92 Å². The number of halogens is 1. The Hall–Kier alpha value is -2.56. The third-order valence-corrected chi connectivity index (χ3v) is 6.68.